The van der Waals surface area contributed by atoms with Gasteiger partial charge in [0.2, 0.25) is 5.91 Å². The van der Waals surface area contributed by atoms with Crippen molar-refractivity contribution in [3.8, 4) is 5.75 Å². The fourth-order valence-electron chi connectivity index (χ4n) is 2.22. The van der Waals surface area contributed by atoms with Crippen LogP contribution in [0.4, 0.5) is 0 Å². The van der Waals surface area contributed by atoms with Gasteiger partial charge in [0.1, 0.15) is 24.4 Å². The summed E-state index contributed by atoms with van der Waals surface area (Å²) >= 11 is 0. The zero-order valence-corrected chi connectivity index (χ0v) is 12.9. The summed E-state index contributed by atoms with van der Waals surface area (Å²) < 4.78 is 7.22. The molecule has 1 amide bonds. The fraction of sp³-hybridized carbons (Fsp3) is 0.235. The first-order chi connectivity index (χ1) is 11.2. The van der Waals surface area contributed by atoms with Crippen molar-refractivity contribution >= 4 is 16.9 Å². The molecule has 118 valence electrons. The first-order valence-corrected chi connectivity index (χ1v) is 7.44. The number of rotatable bonds is 6. The smallest absolute Gasteiger partial charge is 0.244 e. The average Bonchev–Trinajstić information content (AvgIpc) is 2.99. The van der Waals surface area contributed by atoms with Crippen molar-refractivity contribution < 1.29 is 9.53 Å². The summed E-state index contributed by atoms with van der Waals surface area (Å²) in [6.45, 7) is 1.13. The first-order valence-electron chi connectivity index (χ1n) is 7.44. The van der Waals surface area contributed by atoms with Crippen molar-refractivity contribution in [3.63, 3.8) is 0 Å². The highest BCUT2D eigenvalue weighted by Crippen LogP contribution is 2.10. The lowest BCUT2D eigenvalue weighted by atomic mass is 10.3. The minimum absolute atomic E-state index is 0.0303. The Hall–Kier alpha value is -2.89. The van der Waals surface area contributed by atoms with Gasteiger partial charge >= 0.3 is 0 Å². The van der Waals surface area contributed by atoms with Crippen LogP contribution in [0.25, 0.3) is 11.0 Å². The van der Waals surface area contributed by atoms with Gasteiger partial charge in [0, 0.05) is 7.05 Å². The Labute approximate surface area is 134 Å². The number of fused-ring (bicyclic) bond motifs is 1. The van der Waals surface area contributed by atoms with E-state index in [-0.39, 0.29) is 12.5 Å². The van der Waals surface area contributed by atoms with Crippen LogP contribution in [-0.2, 0) is 11.3 Å². The Morgan fingerprint density at radius 3 is 2.70 bits per heavy atom. The van der Waals surface area contributed by atoms with Gasteiger partial charge in [0.25, 0.3) is 0 Å². The Balaban J connectivity index is 1.53. The molecule has 1 aromatic heterocycles. The second-order valence-electron chi connectivity index (χ2n) is 5.21. The number of aromatic nitrogens is 3. The number of nitrogens with zero attached hydrogens (tertiary/aromatic N) is 4. The molecule has 6 heteroatoms. The highest BCUT2D eigenvalue weighted by Gasteiger charge is 2.12. The molecule has 0 bridgehead atoms. The highest BCUT2D eigenvalue weighted by atomic mass is 16.5. The SMILES string of the molecule is CN(CCOc1ccccc1)C(=O)Cn1nnc2ccccc21. The first kappa shape index (κ1) is 15.0. The van der Waals surface area contributed by atoms with Gasteiger partial charge in [-0.1, -0.05) is 35.5 Å². The number of carbonyl (C=O) groups excluding carboxylic acids is 1. The van der Waals surface area contributed by atoms with Crippen molar-refractivity contribution in [2.45, 2.75) is 6.54 Å². The van der Waals surface area contributed by atoms with Gasteiger partial charge in [-0.15, -0.1) is 5.10 Å². The molecule has 0 unspecified atom stereocenters. The molecule has 2 aromatic carbocycles. The van der Waals surface area contributed by atoms with E-state index in [1.807, 2.05) is 54.6 Å². The lowest BCUT2D eigenvalue weighted by molar-refractivity contribution is -0.131. The molecular weight excluding hydrogens is 292 g/mol. The summed E-state index contributed by atoms with van der Waals surface area (Å²) in [5.41, 5.74) is 1.64. The van der Waals surface area contributed by atoms with Crippen molar-refractivity contribution in [1.29, 1.82) is 0 Å². The predicted octanol–water partition coefficient (Wildman–Crippen LogP) is 1.97. The minimum atomic E-state index is -0.0303. The van der Waals surface area contributed by atoms with Crippen LogP contribution in [-0.4, -0.2) is 46.0 Å². The third-order valence-electron chi connectivity index (χ3n) is 3.57. The lowest BCUT2D eigenvalue weighted by Gasteiger charge is -2.17. The fourth-order valence-corrected chi connectivity index (χ4v) is 2.22. The molecule has 1 heterocycles. The number of benzene rings is 2. The molecule has 23 heavy (non-hydrogen) atoms. The summed E-state index contributed by atoms with van der Waals surface area (Å²) in [7, 11) is 1.76. The number of hydrogen-bond donors (Lipinski definition) is 0. The summed E-state index contributed by atoms with van der Waals surface area (Å²) in [6.07, 6.45) is 0. The largest absolute Gasteiger partial charge is 0.492 e. The number of likely N-dealkylation sites (N-methyl/N-ethyl adjacent to an activating group) is 1. The molecule has 3 aromatic rings. The molecule has 0 atom stereocenters. The van der Waals surface area contributed by atoms with Crippen LogP contribution in [0.5, 0.6) is 5.75 Å². The Bertz CT molecular complexity index is 785. The average molecular weight is 310 g/mol. The van der Waals surface area contributed by atoms with Gasteiger partial charge in [-0.3, -0.25) is 4.79 Å². The van der Waals surface area contributed by atoms with Gasteiger partial charge in [-0.05, 0) is 24.3 Å². The molecule has 0 radical (unpaired) electrons. The third-order valence-corrected chi connectivity index (χ3v) is 3.57. The van der Waals surface area contributed by atoms with Crippen molar-refractivity contribution in [3.05, 3.63) is 54.6 Å². The topological polar surface area (TPSA) is 60.2 Å². The van der Waals surface area contributed by atoms with Crippen LogP contribution >= 0.6 is 0 Å². The molecule has 0 N–H and O–H groups in total. The molecular formula is C17H18N4O2. The second-order valence-corrected chi connectivity index (χ2v) is 5.21. The summed E-state index contributed by atoms with van der Waals surface area (Å²) in [6, 6.07) is 17.1. The number of para-hydroxylation sites is 2. The van der Waals surface area contributed by atoms with E-state index in [2.05, 4.69) is 10.3 Å². The Morgan fingerprint density at radius 1 is 1.13 bits per heavy atom. The van der Waals surface area contributed by atoms with Crippen molar-refractivity contribution in [1.82, 2.24) is 19.9 Å². The maximum Gasteiger partial charge on any atom is 0.244 e. The molecule has 0 saturated heterocycles. The normalized spacial score (nSPS) is 10.7. The van der Waals surface area contributed by atoms with Crippen LogP contribution < -0.4 is 4.74 Å². The molecule has 0 aliphatic heterocycles. The molecule has 0 spiro atoms. The Morgan fingerprint density at radius 2 is 1.87 bits per heavy atom. The van der Waals surface area contributed by atoms with E-state index in [0.717, 1.165) is 16.8 Å². The van der Waals surface area contributed by atoms with Gasteiger partial charge in [0.05, 0.1) is 12.1 Å². The second kappa shape index (κ2) is 6.91. The molecule has 0 aliphatic carbocycles. The van der Waals surface area contributed by atoms with Crippen molar-refractivity contribution in [2.75, 3.05) is 20.2 Å². The summed E-state index contributed by atoms with van der Waals surface area (Å²) in [4.78, 5) is 13.9. The lowest BCUT2D eigenvalue weighted by Crippen LogP contribution is -2.33. The number of amides is 1. The number of hydrogen-bond acceptors (Lipinski definition) is 4. The standard InChI is InChI=1S/C17H18N4O2/c1-20(11-12-23-14-7-3-2-4-8-14)17(22)13-21-16-10-6-5-9-15(16)18-19-21/h2-10H,11-13H2,1H3. The van der Waals surface area contributed by atoms with Crippen LogP contribution in [0.3, 0.4) is 0 Å². The third kappa shape index (κ3) is 3.66. The van der Waals surface area contributed by atoms with E-state index < -0.39 is 0 Å². The van der Waals surface area contributed by atoms with Crippen LogP contribution in [0.1, 0.15) is 0 Å². The van der Waals surface area contributed by atoms with Crippen LogP contribution in [0.15, 0.2) is 54.6 Å². The van der Waals surface area contributed by atoms with Gasteiger partial charge in [-0.25, -0.2) is 4.68 Å². The number of carbonyl (C=O) groups is 1. The molecule has 0 aliphatic rings. The van der Waals surface area contributed by atoms with E-state index in [1.54, 1.807) is 16.6 Å². The van der Waals surface area contributed by atoms with Gasteiger partial charge < -0.3 is 9.64 Å². The zero-order chi connectivity index (χ0) is 16.1. The zero-order valence-electron chi connectivity index (χ0n) is 12.9. The van der Waals surface area contributed by atoms with Crippen LogP contribution in [0.2, 0.25) is 0 Å². The molecule has 6 nitrogen and oxygen atoms in total. The van der Waals surface area contributed by atoms with E-state index in [0.29, 0.717) is 13.2 Å². The maximum atomic E-state index is 12.3. The monoisotopic (exact) mass is 310 g/mol. The predicted molar refractivity (Wildman–Crippen MR) is 87.1 cm³/mol. The summed E-state index contributed by atoms with van der Waals surface area (Å²) in [5, 5.41) is 8.08. The number of ether oxygens (including phenoxy) is 1. The van der Waals surface area contributed by atoms with Gasteiger partial charge in [0.15, 0.2) is 0 Å². The molecule has 3 rings (SSSR count). The highest BCUT2D eigenvalue weighted by molar-refractivity contribution is 5.79. The minimum Gasteiger partial charge on any atom is -0.492 e. The summed E-state index contributed by atoms with van der Waals surface area (Å²) in [5.74, 6) is 0.771. The quantitative estimate of drug-likeness (QED) is 0.698. The Kier molecular flexibility index (Phi) is 4.52. The molecule has 0 saturated carbocycles. The maximum absolute atomic E-state index is 12.3. The van der Waals surface area contributed by atoms with E-state index in [1.165, 1.54) is 0 Å². The van der Waals surface area contributed by atoms with Crippen LogP contribution in [0, 0.1) is 0 Å². The van der Waals surface area contributed by atoms with E-state index >= 15 is 0 Å². The van der Waals surface area contributed by atoms with Crippen molar-refractivity contribution in [2.24, 2.45) is 0 Å². The van der Waals surface area contributed by atoms with E-state index in [4.69, 9.17) is 4.74 Å². The molecule has 0 fully saturated rings. The van der Waals surface area contributed by atoms with E-state index in [9.17, 15) is 4.79 Å². The van der Waals surface area contributed by atoms with Gasteiger partial charge in [-0.2, -0.15) is 0 Å².